The number of hydrogen-bond donors (Lipinski definition) is 1. The molecule has 1 aromatic carbocycles. The van der Waals surface area contributed by atoms with E-state index >= 15 is 0 Å². The normalized spacial score (nSPS) is 12.4. The minimum absolute atomic E-state index is 0.387. The van der Waals surface area contributed by atoms with Crippen molar-refractivity contribution >= 4 is 0 Å². The molecule has 0 aliphatic rings. The first-order valence-electron chi connectivity index (χ1n) is 6.31. The Kier molecular flexibility index (Phi) is 6.67. The minimum Gasteiger partial charge on any atom is -0.491 e. The Hall–Kier alpha value is -1.06. The molecule has 1 aromatic rings. The van der Waals surface area contributed by atoms with E-state index in [1.807, 2.05) is 19.1 Å². The molecule has 0 amide bonds. The van der Waals surface area contributed by atoms with Gasteiger partial charge in [0.25, 0.3) is 0 Å². The molecular weight excluding hydrogens is 214 g/mol. The zero-order chi connectivity index (χ0) is 12.5. The first-order chi connectivity index (χ1) is 8.27. The van der Waals surface area contributed by atoms with E-state index in [0.29, 0.717) is 19.3 Å². The molecule has 0 fully saturated rings. The monoisotopic (exact) mass is 237 g/mol. The van der Waals surface area contributed by atoms with E-state index in [4.69, 9.17) is 9.47 Å². The average Bonchev–Trinajstić information content (AvgIpc) is 2.36. The quantitative estimate of drug-likeness (QED) is 0.705. The smallest absolute Gasteiger partial charge is 0.119 e. The van der Waals surface area contributed by atoms with Crippen molar-refractivity contribution in [1.82, 2.24) is 5.32 Å². The zero-order valence-electron chi connectivity index (χ0n) is 11.0. The van der Waals surface area contributed by atoms with E-state index in [0.717, 1.165) is 18.9 Å². The van der Waals surface area contributed by atoms with Crippen molar-refractivity contribution in [1.29, 1.82) is 0 Å². The summed E-state index contributed by atoms with van der Waals surface area (Å²) >= 11 is 0. The molecule has 0 radical (unpaired) electrons. The van der Waals surface area contributed by atoms with Crippen molar-refractivity contribution in [3.63, 3.8) is 0 Å². The lowest BCUT2D eigenvalue weighted by Gasteiger charge is -2.13. The fourth-order valence-corrected chi connectivity index (χ4v) is 1.64. The molecule has 3 nitrogen and oxygen atoms in total. The summed E-state index contributed by atoms with van der Waals surface area (Å²) in [6.07, 6.45) is 0. The number of hydrogen-bond acceptors (Lipinski definition) is 3. The summed E-state index contributed by atoms with van der Waals surface area (Å²) < 4.78 is 10.8. The summed E-state index contributed by atoms with van der Waals surface area (Å²) in [5.41, 5.74) is 1.28. The molecule has 1 unspecified atom stereocenters. The summed E-state index contributed by atoms with van der Waals surface area (Å²) in [5, 5.41) is 3.38. The molecule has 3 heteroatoms. The van der Waals surface area contributed by atoms with Crippen LogP contribution in [0.25, 0.3) is 0 Å². The molecule has 1 atom stereocenters. The minimum atomic E-state index is 0.387. The van der Waals surface area contributed by atoms with Crippen LogP contribution in [0.4, 0.5) is 0 Å². The lowest BCUT2D eigenvalue weighted by atomic mass is 10.1. The van der Waals surface area contributed by atoms with Gasteiger partial charge in [-0.05, 0) is 38.1 Å². The Morgan fingerprint density at radius 3 is 2.41 bits per heavy atom. The van der Waals surface area contributed by atoms with E-state index in [9.17, 15) is 0 Å². The van der Waals surface area contributed by atoms with Crippen LogP contribution in [0.1, 0.15) is 32.4 Å². The van der Waals surface area contributed by atoms with Crippen molar-refractivity contribution in [2.45, 2.75) is 26.8 Å². The topological polar surface area (TPSA) is 30.5 Å². The highest BCUT2D eigenvalue weighted by molar-refractivity contribution is 5.28. The second-order valence-corrected chi connectivity index (χ2v) is 3.89. The van der Waals surface area contributed by atoms with Crippen LogP contribution in [0.15, 0.2) is 24.3 Å². The standard InChI is InChI=1S/C14H23NO2/c1-4-15-12(3)13-6-8-14(9-7-13)17-11-10-16-5-2/h6-9,12,15H,4-5,10-11H2,1-3H3. The number of benzene rings is 1. The predicted octanol–water partition coefficient (Wildman–Crippen LogP) is 2.77. The van der Waals surface area contributed by atoms with Gasteiger partial charge in [-0.2, -0.15) is 0 Å². The van der Waals surface area contributed by atoms with Crippen molar-refractivity contribution in [3.05, 3.63) is 29.8 Å². The summed E-state index contributed by atoms with van der Waals surface area (Å²) in [7, 11) is 0. The Morgan fingerprint density at radius 1 is 1.12 bits per heavy atom. The first-order valence-corrected chi connectivity index (χ1v) is 6.31. The molecule has 0 saturated carbocycles. The molecular formula is C14H23NO2. The largest absolute Gasteiger partial charge is 0.491 e. The zero-order valence-corrected chi connectivity index (χ0v) is 11.0. The number of ether oxygens (including phenoxy) is 2. The highest BCUT2D eigenvalue weighted by Gasteiger charge is 2.03. The maximum atomic E-state index is 5.56. The van der Waals surface area contributed by atoms with Crippen LogP contribution in [0, 0.1) is 0 Å². The van der Waals surface area contributed by atoms with Gasteiger partial charge in [0, 0.05) is 12.6 Å². The molecule has 0 aliphatic carbocycles. The van der Waals surface area contributed by atoms with Crippen LogP contribution in [-0.2, 0) is 4.74 Å². The summed E-state index contributed by atoms with van der Waals surface area (Å²) in [6.45, 7) is 9.23. The van der Waals surface area contributed by atoms with E-state index < -0.39 is 0 Å². The van der Waals surface area contributed by atoms with E-state index in [1.54, 1.807) is 0 Å². The van der Waals surface area contributed by atoms with Gasteiger partial charge in [-0.3, -0.25) is 0 Å². The second kappa shape index (κ2) is 8.09. The summed E-state index contributed by atoms with van der Waals surface area (Å²) in [6, 6.07) is 8.61. The average molecular weight is 237 g/mol. The third kappa shape index (κ3) is 5.20. The fourth-order valence-electron chi connectivity index (χ4n) is 1.64. The Labute approximate surface area is 104 Å². The van der Waals surface area contributed by atoms with Crippen LogP contribution in [0.2, 0.25) is 0 Å². The van der Waals surface area contributed by atoms with Gasteiger partial charge < -0.3 is 14.8 Å². The van der Waals surface area contributed by atoms with E-state index in [1.165, 1.54) is 5.56 Å². The van der Waals surface area contributed by atoms with Gasteiger partial charge in [0.1, 0.15) is 12.4 Å². The highest BCUT2D eigenvalue weighted by atomic mass is 16.5. The number of rotatable bonds is 8. The summed E-state index contributed by atoms with van der Waals surface area (Å²) in [4.78, 5) is 0. The highest BCUT2D eigenvalue weighted by Crippen LogP contribution is 2.17. The van der Waals surface area contributed by atoms with Crippen molar-refractivity contribution in [3.8, 4) is 5.75 Å². The Morgan fingerprint density at radius 2 is 1.82 bits per heavy atom. The maximum absolute atomic E-state index is 5.56. The molecule has 0 aromatic heterocycles. The molecule has 0 heterocycles. The van der Waals surface area contributed by atoms with Crippen molar-refractivity contribution < 1.29 is 9.47 Å². The Balaban J connectivity index is 2.39. The molecule has 0 bridgehead atoms. The number of nitrogens with one attached hydrogen (secondary N) is 1. The lowest BCUT2D eigenvalue weighted by molar-refractivity contribution is 0.110. The van der Waals surface area contributed by atoms with E-state index in [-0.39, 0.29) is 0 Å². The van der Waals surface area contributed by atoms with Crippen LogP contribution >= 0.6 is 0 Å². The van der Waals surface area contributed by atoms with E-state index in [2.05, 4.69) is 31.3 Å². The fraction of sp³-hybridized carbons (Fsp3) is 0.571. The SMILES string of the molecule is CCNC(C)c1ccc(OCCOCC)cc1. The molecule has 1 N–H and O–H groups in total. The molecule has 17 heavy (non-hydrogen) atoms. The molecule has 0 aliphatic heterocycles. The van der Waals surface area contributed by atoms with Gasteiger partial charge in [0.2, 0.25) is 0 Å². The Bertz CT molecular complexity index is 298. The first kappa shape index (κ1) is 14.0. The van der Waals surface area contributed by atoms with Gasteiger partial charge >= 0.3 is 0 Å². The van der Waals surface area contributed by atoms with Gasteiger partial charge in [0.05, 0.1) is 6.61 Å². The van der Waals surface area contributed by atoms with Crippen molar-refractivity contribution in [2.75, 3.05) is 26.4 Å². The van der Waals surface area contributed by atoms with Crippen LogP contribution in [-0.4, -0.2) is 26.4 Å². The van der Waals surface area contributed by atoms with Gasteiger partial charge in [-0.15, -0.1) is 0 Å². The van der Waals surface area contributed by atoms with Crippen LogP contribution in [0.3, 0.4) is 0 Å². The molecule has 0 saturated heterocycles. The molecule has 0 spiro atoms. The van der Waals surface area contributed by atoms with Gasteiger partial charge in [-0.1, -0.05) is 19.1 Å². The second-order valence-electron chi connectivity index (χ2n) is 3.89. The maximum Gasteiger partial charge on any atom is 0.119 e. The third-order valence-corrected chi connectivity index (χ3v) is 2.59. The molecule has 1 rings (SSSR count). The van der Waals surface area contributed by atoms with Crippen LogP contribution in [0.5, 0.6) is 5.75 Å². The van der Waals surface area contributed by atoms with Crippen LogP contribution < -0.4 is 10.1 Å². The summed E-state index contributed by atoms with van der Waals surface area (Å²) in [5.74, 6) is 0.900. The third-order valence-electron chi connectivity index (χ3n) is 2.59. The van der Waals surface area contributed by atoms with Crippen molar-refractivity contribution in [2.24, 2.45) is 0 Å². The lowest BCUT2D eigenvalue weighted by Crippen LogP contribution is -2.17. The van der Waals surface area contributed by atoms with Gasteiger partial charge in [-0.25, -0.2) is 0 Å². The predicted molar refractivity (Wildman–Crippen MR) is 70.5 cm³/mol. The molecule has 96 valence electrons. The van der Waals surface area contributed by atoms with Gasteiger partial charge in [0.15, 0.2) is 0 Å².